The summed E-state index contributed by atoms with van der Waals surface area (Å²) in [7, 11) is 1.20. The fourth-order valence-electron chi connectivity index (χ4n) is 7.75. The molecule has 0 aliphatic rings. The molecule has 0 aliphatic carbocycles. The number of aromatic nitrogens is 2. The van der Waals surface area contributed by atoms with E-state index in [0.29, 0.717) is 43.7 Å². The highest BCUT2D eigenvalue weighted by molar-refractivity contribution is 6.18. The molecule has 3 aromatic rings. The largest absolute Gasteiger partial charge is 0.467 e. The number of aliphatic imine (C=N–C) groups is 1. The van der Waals surface area contributed by atoms with E-state index < -0.39 is 71.9 Å². The van der Waals surface area contributed by atoms with Gasteiger partial charge in [-0.3, -0.25) is 34.0 Å². The number of nitrogens with one attached hydrogen (secondary N) is 5. The zero-order chi connectivity index (χ0) is 49.8. The summed E-state index contributed by atoms with van der Waals surface area (Å²) in [6.07, 6.45) is 4.21. The number of alkyl halides is 4. The first-order valence-corrected chi connectivity index (χ1v) is 24.6. The van der Waals surface area contributed by atoms with Gasteiger partial charge in [0, 0.05) is 74.6 Å². The highest BCUT2D eigenvalue weighted by Gasteiger charge is 2.40. The summed E-state index contributed by atoms with van der Waals surface area (Å²) < 4.78 is 5.06. The van der Waals surface area contributed by atoms with Crippen LogP contribution in [-0.4, -0.2) is 155 Å². The number of carbonyl (C=O) groups excluding carboxylic acids is 5. The Hall–Kier alpha value is -4.73. The standard InChI is InChI=1S/C45H67Cl4N13O6/c1-68-44(67)35(27-32-28-54-29-56-32)59-43(66)37(39(31-13-6-3-7-14-31)62(25-19-48)26-20-49)60-41(64)33(15-8-9-21-50)57-40(63)34(16-10-22-55-45(52)53)58-42(65)36(51)38(30-11-4-2-5-12-30)61(23-17-46)24-18-47/h2-7,11-14,28-29,33-39H,8-10,15-27,50-51H2,1H3,(H,54,56)(H,57,63)(H,58,65)(H,59,66)(H,60,64)(H4,52,53,55)/t33-,34-,35-,36-,37-,38?,39?/m0/s1. The number of esters is 1. The number of amides is 4. The predicted octanol–water partition coefficient (Wildman–Crippen LogP) is 1.62. The van der Waals surface area contributed by atoms with Gasteiger partial charge in [0.2, 0.25) is 23.6 Å². The van der Waals surface area contributed by atoms with E-state index in [9.17, 15) is 24.0 Å². The van der Waals surface area contributed by atoms with Gasteiger partial charge in [-0.1, -0.05) is 60.7 Å². The summed E-state index contributed by atoms with van der Waals surface area (Å²) in [5.41, 5.74) is 25.7. The van der Waals surface area contributed by atoms with Gasteiger partial charge in [0.15, 0.2) is 5.96 Å². The number of halogens is 4. The van der Waals surface area contributed by atoms with Crippen LogP contribution in [0.4, 0.5) is 0 Å². The van der Waals surface area contributed by atoms with Crippen LogP contribution in [0.2, 0.25) is 0 Å². The van der Waals surface area contributed by atoms with Crippen LogP contribution in [0, 0.1) is 0 Å². The summed E-state index contributed by atoms with van der Waals surface area (Å²) in [5.74, 6) is -2.98. The molecule has 2 unspecified atom stereocenters. The number of aromatic amines is 1. The number of methoxy groups -OCH3 is 1. The van der Waals surface area contributed by atoms with Gasteiger partial charge in [0.05, 0.1) is 25.5 Å². The number of nitrogens with zero attached hydrogens (tertiary/aromatic N) is 4. The van der Waals surface area contributed by atoms with Crippen molar-refractivity contribution in [2.24, 2.45) is 27.9 Å². The van der Waals surface area contributed by atoms with E-state index in [-0.39, 0.29) is 74.8 Å². The average Bonchev–Trinajstić information content (AvgIpc) is 3.85. The minimum Gasteiger partial charge on any atom is -0.467 e. The number of benzene rings is 2. The maximum absolute atomic E-state index is 14.8. The molecule has 13 N–H and O–H groups in total. The molecular weight excluding hydrogens is 960 g/mol. The lowest BCUT2D eigenvalue weighted by Gasteiger charge is -2.37. The van der Waals surface area contributed by atoms with Crippen molar-refractivity contribution in [1.29, 1.82) is 0 Å². The molecule has 23 heteroatoms. The van der Waals surface area contributed by atoms with Crippen LogP contribution in [-0.2, 0) is 35.1 Å². The molecule has 0 radical (unpaired) electrons. The highest BCUT2D eigenvalue weighted by Crippen LogP contribution is 2.27. The maximum atomic E-state index is 14.8. The number of carbonyl (C=O) groups is 5. The Balaban J connectivity index is 2.09. The predicted molar refractivity (Wildman–Crippen MR) is 267 cm³/mol. The first-order chi connectivity index (χ1) is 32.8. The van der Waals surface area contributed by atoms with E-state index in [2.05, 4.69) is 36.2 Å². The molecule has 4 amide bonds. The molecule has 68 heavy (non-hydrogen) atoms. The molecule has 3 rings (SSSR count). The lowest BCUT2D eigenvalue weighted by Crippen LogP contribution is -2.61. The molecule has 376 valence electrons. The second kappa shape index (κ2) is 32.2. The third-order valence-electron chi connectivity index (χ3n) is 11.0. The van der Waals surface area contributed by atoms with E-state index in [1.54, 1.807) is 30.3 Å². The Labute approximate surface area is 418 Å². The van der Waals surface area contributed by atoms with Crippen LogP contribution in [0.3, 0.4) is 0 Å². The summed E-state index contributed by atoms with van der Waals surface area (Å²) in [5, 5.41) is 11.4. The van der Waals surface area contributed by atoms with Crippen molar-refractivity contribution in [2.75, 3.05) is 69.9 Å². The van der Waals surface area contributed by atoms with E-state index in [1.807, 2.05) is 40.1 Å². The van der Waals surface area contributed by atoms with Gasteiger partial charge in [-0.25, -0.2) is 9.78 Å². The third-order valence-corrected chi connectivity index (χ3v) is 11.7. The second-order valence-corrected chi connectivity index (χ2v) is 17.3. The molecule has 1 heterocycles. The Morgan fingerprint density at radius 3 is 1.69 bits per heavy atom. The fraction of sp³-hybridized carbons (Fsp3) is 0.533. The van der Waals surface area contributed by atoms with Crippen LogP contribution >= 0.6 is 46.4 Å². The Kier molecular flexibility index (Phi) is 27.2. The number of H-pyrrole nitrogens is 1. The van der Waals surface area contributed by atoms with Gasteiger partial charge in [-0.2, -0.15) is 0 Å². The third kappa shape index (κ3) is 19.0. The highest BCUT2D eigenvalue weighted by atomic mass is 35.5. The number of nitrogens with two attached hydrogens (primary N) is 4. The quantitative estimate of drug-likeness (QED) is 0.0138. The van der Waals surface area contributed by atoms with E-state index in [4.69, 9.17) is 74.1 Å². The molecular formula is C45H67Cl4N13O6. The number of ether oxygens (including phenoxy) is 1. The van der Waals surface area contributed by atoms with Crippen molar-refractivity contribution >= 4 is 82.0 Å². The van der Waals surface area contributed by atoms with Gasteiger partial charge in [0.1, 0.15) is 30.2 Å². The molecule has 0 aliphatic heterocycles. The smallest absolute Gasteiger partial charge is 0.328 e. The van der Waals surface area contributed by atoms with Crippen molar-refractivity contribution in [2.45, 2.75) is 80.8 Å². The van der Waals surface area contributed by atoms with Crippen LogP contribution in [0.15, 0.2) is 78.2 Å². The number of guanidine groups is 1. The second-order valence-electron chi connectivity index (χ2n) is 15.8. The van der Waals surface area contributed by atoms with Crippen LogP contribution < -0.4 is 44.2 Å². The van der Waals surface area contributed by atoms with Crippen molar-refractivity contribution in [3.8, 4) is 0 Å². The molecule has 1 aromatic heterocycles. The summed E-state index contributed by atoms with van der Waals surface area (Å²) in [6.45, 7) is 1.67. The number of unbranched alkanes of at least 4 members (excludes halogenated alkanes) is 1. The van der Waals surface area contributed by atoms with Crippen molar-refractivity contribution in [1.82, 2.24) is 41.0 Å². The number of rotatable bonds is 33. The lowest BCUT2D eigenvalue weighted by atomic mass is 9.95. The van der Waals surface area contributed by atoms with Crippen molar-refractivity contribution in [3.63, 3.8) is 0 Å². The zero-order valence-corrected chi connectivity index (χ0v) is 41.4. The van der Waals surface area contributed by atoms with Crippen molar-refractivity contribution < 1.29 is 28.7 Å². The molecule has 0 saturated carbocycles. The number of hydrogen-bond donors (Lipinski definition) is 9. The number of hydrogen-bond acceptors (Lipinski definition) is 12. The summed E-state index contributed by atoms with van der Waals surface area (Å²) >= 11 is 25.0. The lowest BCUT2D eigenvalue weighted by molar-refractivity contribution is -0.145. The van der Waals surface area contributed by atoms with Crippen LogP contribution in [0.5, 0.6) is 0 Å². The molecule has 0 spiro atoms. The SMILES string of the molecule is COC(=O)[C@H](Cc1cnc[nH]1)NC(=O)[C@@H](NC(=O)[C@H](CCCCN)NC(=O)[C@H](CCCN=C(N)N)NC(=O)[C@@H](N)C(c1ccccc1)N(CCCl)CCCl)C(c1ccccc1)N(CCCl)CCCl. The maximum Gasteiger partial charge on any atom is 0.328 e. The summed E-state index contributed by atoms with van der Waals surface area (Å²) in [4.78, 5) is 86.3. The van der Waals surface area contributed by atoms with Gasteiger partial charge in [-0.05, 0) is 49.8 Å². The minimum absolute atomic E-state index is 0.0105. The first-order valence-electron chi connectivity index (χ1n) is 22.4. The monoisotopic (exact) mass is 1030 g/mol. The summed E-state index contributed by atoms with van der Waals surface area (Å²) in [6, 6.07) is 10.2. The van der Waals surface area contributed by atoms with Gasteiger partial charge >= 0.3 is 5.97 Å². The molecule has 0 saturated heterocycles. The Morgan fingerprint density at radius 1 is 0.691 bits per heavy atom. The van der Waals surface area contributed by atoms with Crippen LogP contribution in [0.1, 0.15) is 61.0 Å². The Morgan fingerprint density at radius 2 is 1.19 bits per heavy atom. The minimum atomic E-state index is -1.41. The van der Waals surface area contributed by atoms with Crippen molar-refractivity contribution in [3.05, 3.63) is 90.0 Å². The molecule has 19 nitrogen and oxygen atoms in total. The fourth-order valence-corrected chi connectivity index (χ4v) is 8.62. The first kappa shape index (κ1) is 57.6. The zero-order valence-electron chi connectivity index (χ0n) is 38.3. The molecule has 7 atom stereocenters. The Bertz CT molecular complexity index is 1960. The molecule has 2 aromatic carbocycles. The number of imidazole rings is 1. The molecule has 0 bridgehead atoms. The van der Waals surface area contributed by atoms with Gasteiger partial charge < -0.3 is 53.9 Å². The van der Waals surface area contributed by atoms with E-state index >= 15 is 0 Å². The normalized spacial score (nSPS) is 14.4. The average molecular weight is 1030 g/mol. The van der Waals surface area contributed by atoms with E-state index in [1.165, 1.54) is 19.6 Å². The van der Waals surface area contributed by atoms with E-state index in [0.717, 1.165) is 5.56 Å². The molecule has 0 fully saturated rings. The topological polar surface area (TPSA) is 294 Å². The van der Waals surface area contributed by atoms with Gasteiger partial charge in [0.25, 0.3) is 0 Å². The van der Waals surface area contributed by atoms with Crippen LogP contribution in [0.25, 0.3) is 0 Å². The van der Waals surface area contributed by atoms with Gasteiger partial charge in [-0.15, -0.1) is 46.4 Å².